The van der Waals surface area contributed by atoms with Crippen LogP contribution in [0.1, 0.15) is 36.5 Å². The van der Waals surface area contributed by atoms with E-state index < -0.39 is 0 Å². The molecule has 1 saturated heterocycles. The van der Waals surface area contributed by atoms with E-state index in [9.17, 15) is 9.59 Å². The van der Waals surface area contributed by atoms with Crippen LogP contribution < -0.4 is 10.6 Å². The van der Waals surface area contributed by atoms with Gasteiger partial charge in [0.05, 0.1) is 18.1 Å². The Balaban J connectivity index is 1.89. The van der Waals surface area contributed by atoms with Crippen molar-refractivity contribution in [2.75, 3.05) is 25.0 Å². The fraction of sp³-hybridized carbons (Fsp3) is 0.500. The van der Waals surface area contributed by atoms with Crippen LogP contribution in [0.15, 0.2) is 24.3 Å². The van der Waals surface area contributed by atoms with Gasteiger partial charge in [-0.25, -0.2) is 4.79 Å². The third-order valence-electron chi connectivity index (χ3n) is 3.49. The molecule has 2 rings (SSSR count). The Bertz CT molecular complexity index is 479. The lowest BCUT2D eigenvalue weighted by Gasteiger charge is -2.21. The molecule has 0 radical (unpaired) electrons. The Morgan fingerprint density at radius 2 is 2.10 bits per heavy atom. The van der Waals surface area contributed by atoms with Gasteiger partial charge in [0.25, 0.3) is 0 Å². The third kappa shape index (κ3) is 4.56. The van der Waals surface area contributed by atoms with E-state index in [2.05, 4.69) is 10.6 Å². The molecule has 1 aromatic carbocycles. The first-order chi connectivity index (χ1) is 10.2. The van der Waals surface area contributed by atoms with Gasteiger partial charge < -0.3 is 15.4 Å². The van der Waals surface area contributed by atoms with Gasteiger partial charge in [-0.1, -0.05) is 6.92 Å². The number of carbonyl (C=O) groups is 2. The molecule has 1 amide bonds. The molecule has 21 heavy (non-hydrogen) atoms. The Labute approximate surface area is 125 Å². The zero-order valence-corrected chi connectivity index (χ0v) is 12.4. The van der Waals surface area contributed by atoms with Crippen LogP contribution in [0.3, 0.4) is 0 Å². The highest BCUT2D eigenvalue weighted by Crippen LogP contribution is 2.15. The molecule has 1 heterocycles. The maximum atomic E-state index is 12.1. The van der Waals surface area contributed by atoms with Gasteiger partial charge in [0.15, 0.2) is 0 Å². The highest BCUT2D eigenvalue weighted by molar-refractivity contribution is 5.94. The molecular weight excluding hydrogens is 268 g/mol. The van der Waals surface area contributed by atoms with E-state index in [0.717, 1.165) is 32.4 Å². The molecule has 5 nitrogen and oxygen atoms in total. The van der Waals surface area contributed by atoms with E-state index in [1.165, 1.54) is 0 Å². The number of nitrogens with one attached hydrogen (secondary N) is 2. The summed E-state index contributed by atoms with van der Waals surface area (Å²) in [4.78, 5) is 23.8. The predicted octanol–water partition coefficient (Wildman–Crippen LogP) is 2.19. The van der Waals surface area contributed by atoms with Crippen molar-refractivity contribution in [2.24, 2.45) is 5.92 Å². The largest absolute Gasteiger partial charge is 0.462 e. The van der Waals surface area contributed by atoms with Crippen LogP contribution in [0.5, 0.6) is 0 Å². The van der Waals surface area contributed by atoms with E-state index in [0.29, 0.717) is 17.9 Å². The van der Waals surface area contributed by atoms with Gasteiger partial charge in [-0.05, 0) is 50.1 Å². The monoisotopic (exact) mass is 290 g/mol. The minimum absolute atomic E-state index is 0.0212. The van der Waals surface area contributed by atoms with Crippen LogP contribution in [0.4, 0.5) is 5.69 Å². The molecule has 2 N–H and O–H groups in total. The summed E-state index contributed by atoms with van der Waals surface area (Å²) in [5.74, 6) is -0.275. The van der Waals surface area contributed by atoms with Crippen LogP contribution in [-0.4, -0.2) is 31.6 Å². The van der Waals surface area contributed by atoms with Gasteiger partial charge >= 0.3 is 5.97 Å². The summed E-state index contributed by atoms with van der Waals surface area (Å²) in [6.07, 6.45) is 2.75. The summed E-state index contributed by atoms with van der Waals surface area (Å²) in [6.45, 7) is 4.09. The predicted molar refractivity (Wildman–Crippen MR) is 81.2 cm³/mol. The van der Waals surface area contributed by atoms with Crippen LogP contribution in [0, 0.1) is 5.92 Å². The SMILES string of the molecule is CCCOC(=O)c1ccc(NC(=O)C2CCCNC2)cc1. The Kier molecular flexibility index (Phi) is 5.75. The molecule has 1 aliphatic rings. The number of esters is 1. The number of carbonyl (C=O) groups excluding carboxylic acids is 2. The molecule has 0 bridgehead atoms. The summed E-state index contributed by atoms with van der Waals surface area (Å²) in [5.41, 5.74) is 1.21. The zero-order valence-electron chi connectivity index (χ0n) is 12.4. The normalized spacial score (nSPS) is 18.0. The van der Waals surface area contributed by atoms with E-state index in [1.54, 1.807) is 24.3 Å². The molecule has 1 fully saturated rings. The number of piperidine rings is 1. The number of amides is 1. The summed E-state index contributed by atoms with van der Waals surface area (Å²) in [7, 11) is 0. The van der Waals surface area contributed by atoms with Crippen molar-refractivity contribution >= 4 is 17.6 Å². The topological polar surface area (TPSA) is 67.4 Å². The van der Waals surface area contributed by atoms with Gasteiger partial charge in [-0.3, -0.25) is 4.79 Å². The minimum atomic E-state index is -0.328. The standard InChI is InChI=1S/C16H22N2O3/c1-2-10-21-16(20)12-5-7-14(8-6-12)18-15(19)13-4-3-9-17-11-13/h5-8,13,17H,2-4,9-11H2,1H3,(H,18,19). The first-order valence-electron chi connectivity index (χ1n) is 7.49. The second kappa shape index (κ2) is 7.78. The van der Waals surface area contributed by atoms with E-state index in [-0.39, 0.29) is 17.8 Å². The summed E-state index contributed by atoms with van der Waals surface area (Å²) < 4.78 is 5.06. The number of benzene rings is 1. The van der Waals surface area contributed by atoms with Gasteiger partial charge in [0.2, 0.25) is 5.91 Å². The van der Waals surface area contributed by atoms with Crippen molar-refractivity contribution in [3.05, 3.63) is 29.8 Å². The number of anilines is 1. The maximum Gasteiger partial charge on any atom is 0.338 e. The molecule has 0 aliphatic carbocycles. The molecule has 1 unspecified atom stereocenters. The molecule has 0 spiro atoms. The first-order valence-corrected chi connectivity index (χ1v) is 7.49. The summed E-state index contributed by atoms with van der Waals surface area (Å²) in [5, 5.41) is 6.11. The quantitative estimate of drug-likeness (QED) is 0.816. The molecular formula is C16H22N2O3. The average Bonchev–Trinajstić information content (AvgIpc) is 2.54. The van der Waals surface area contributed by atoms with Crippen LogP contribution in [-0.2, 0) is 9.53 Å². The summed E-state index contributed by atoms with van der Waals surface area (Å²) in [6, 6.07) is 6.81. The maximum absolute atomic E-state index is 12.1. The van der Waals surface area contributed by atoms with Gasteiger partial charge in [0.1, 0.15) is 0 Å². The van der Waals surface area contributed by atoms with E-state index in [1.807, 2.05) is 6.92 Å². The number of hydrogen-bond donors (Lipinski definition) is 2. The lowest BCUT2D eigenvalue weighted by molar-refractivity contribution is -0.120. The summed E-state index contributed by atoms with van der Waals surface area (Å²) >= 11 is 0. The second-order valence-corrected chi connectivity index (χ2v) is 5.25. The number of rotatable bonds is 5. The van der Waals surface area contributed by atoms with Crippen molar-refractivity contribution in [1.29, 1.82) is 0 Å². The fourth-order valence-corrected chi connectivity index (χ4v) is 2.29. The smallest absolute Gasteiger partial charge is 0.338 e. The van der Waals surface area contributed by atoms with Crippen molar-refractivity contribution < 1.29 is 14.3 Å². The molecule has 1 aliphatic heterocycles. The van der Waals surface area contributed by atoms with Crippen molar-refractivity contribution in [3.8, 4) is 0 Å². The third-order valence-corrected chi connectivity index (χ3v) is 3.49. The van der Waals surface area contributed by atoms with Crippen LogP contribution >= 0.6 is 0 Å². The van der Waals surface area contributed by atoms with Crippen molar-refractivity contribution in [2.45, 2.75) is 26.2 Å². The van der Waals surface area contributed by atoms with Crippen molar-refractivity contribution in [1.82, 2.24) is 5.32 Å². The first kappa shape index (κ1) is 15.5. The Morgan fingerprint density at radius 3 is 2.71 bits per heavy atom. The molecule has 0 aromatic heterocycles. The second-order valence-electron chi connectivity index (χ2n) is 5.25. The molecule has 1 aromatic rings. The number of hydrogen-bond acceptors (Lipinski definition) is 4. The fourth-order valence-electron chi connectivity index (χ4n) is 2.29. The highest BCUT2D eigenvalue weighted by Gasteiger charge is 2.20. The van der Waals surface area contributed by atoms with Crippen LogP contribution in [0.25, 0.3) is 0 Å². The Hall–Kier alpha value is -1.88. The lowest BCUT2D eigenvalue weighted by atomic mass is 9.99. The van der Waals surface area contributed by atoms with Gasteiger partial charge in [0, 0.05) is 12.2 Å². The van der Waals surface area contributed by atoms with Gasteiger partial charge in [-0.15, -0.1) is 0 Å². The van der Waals surface area contributed by atoms with Crippen molar-refractivity contribution in [3.63, 3.8) is 0 Å². The minimum Gasteiger partial charge on any atom is -0.462 e. The van der Waals surface area contributed by atoms with E-state index in [4.69, 9.17) is 4.74 Å². The lowest BCUT2D eigenvalue weighted by Crippen LogP contribution is -2.37. The average molecular weight is 290 g/mol. The molecule has 114 valence electrons. The van der Waals surface area contributed by atoms with E-state index >= 15 is 0 Å². The highest BCUT2D eigenvalue weighted by atomic mass is 16.5. The molecule has 5 heteroatoms. The van der Waals surface area contributed by atoms with Gasteiger partial charge in [-0.2, -0.15) is 0 Å². The molecule has 1 atom stereocenters. The molecule has 0 saturated carbocycles. The Morgan fingerprint density at radius 1 is 1.33 bits per heavy atom. The van der Waals surface area contributed by atoms with Crippen LogP contribution in [0.2, 0.25) is 0 Å². The zero-order chi connectivity index (χ0) is 15.1. The number of ether oxygens (including phenoxy) is 1.